The van der Waals surface area contributed by atoms with E-state index in [1.807, 2.05) is 30.3 Å². The molecule has 0 radical (unpaired) electrons. The largest absolute Gasteiger partial charge is 0.382 e. The molecule has 0 aliphatic carbocycles. The van der Waals surface area contributed by atoms with Crippen molar-refractivity contribution in [1.82, 2.24) is 14.8 Å². The van der Waals surface area contributed by atoms with E-state index in [1.54, 1.807) is 16.8 Å². The van der Waals surface area contributed by atoms with Crippen molar-refractivity contribution in [2.75, 3.05) is 5.32 Å². The minimum Gasteiger partial charge on any atom is -0.382 e. The summed E-state index contributed by atoms with van der Waals surface area (Å²) in [5.74, 6) is -0.166. The number of hydrogen-bond acceptors (Lipinski definition) is 5. The van der Waals surface area contributed by atoms with Gasteiger partial charge in [-0.05, 0) is 29.8 Å². The Morgan fingerprint density at radius 1 is 1.24 bits per heavy atom. The molecule has 0 fully saturated rings. The number of halogens is 3. The Hall–Kier alpha value is -2.42. The summed E-state index contributed by atoms with van der Waals surface area (Å²) in [6, 6.07) is 13.0. The third kappa shape index (κ3) is 4.77. The quantitative estimate of drug-likeness (QED) is 0.565. The van der Waals surface area contributed by atoms with E-state index in [1.165, 1.54) is 6.33 Å². The summed E-state index contributed by atoms with van der Waals surface area (Å²) < 4.78 is 2.52. The number of carbonyl (C=O) groups is 1. The first-order valence-electron chi connectivity index (χ1n) is 8.61. The van der Waals surface area contributed by atoms with Crippen LogP contribution in [0.1, 0.15) is 17.5 Å². The van der Waals surface area contributed by atoms with Crippen LogP contribution in [0.25, 0.3) is 0 Å². The van der Waals surface area contributed by atoms with Crippen LogP contribution in [0.4, 0.5) is 5.95 Å². The third-order valence-corrected chi connectivity index (χ3v) is 5.45. The lowest BCUT2D eigenvalue weighted by Crippen LogP contribution is -2.28. The zero-order valence-electron chi connectivity index (χ0n) is 14.8. The average Bonchev–Trinajstić information content (AvgIpc) is 3.35. The third-order valence-electron chi connectivity index (χ3n) is 4.22. The van der Waals surface area contributed by atoms with Gasteiger partial charge >= 0.3 is 0 Å². The first kappa shape index (κ1) is 19.9. The molecule has 2 aromatic carbocycles. The predicted molar refractivity (Wildman–Crippen MR) is 114 cm³/mol. The summed E-state index contributed by atoms with van der Waals surface area (Å²) in [5.41, 5.74) is 2.52. The van der Waals surface area contributed by atoms with Crippen molar-refractivity contribution < 1.29 is 9.63 Å². The van der Waals surface area contributed by atoms with Crippen molar-refractivity contribution in [1.29, 1.82) is 0 Å². The van der Waals surface area contributed by atoms with Crippen molar-refractivity contribution in [2.45, 2.75) is 19.1 Å². The number of amides is 1. The van der Waals surface area contributed by atoms with Crippen molar-refractivity contribution in [3.63, 3.8) is 0 Å². The fourth-order valence-electron chi connectivity index (χ4n) is 2.80. The Kier molecular flexibility index (Phi) is 5.84. The van der Waals surface area contributed by atoms with Gasteiger partial charge in [0.1, 0.15) is 6.33 Å². The van der Waals surface area contributed by atoms with Gasteiger partial charge in [-0.25, -0.2) is 9.67 Å². The van der Waals surface area contributed by atoms with E-state index in [-0.39, 0.29) is 11.9 Å². The Labute approximate surface area is 184 Å². The van der Waals surface area contributed by atoms with E-state index in [0.29, 0.717) is 28.7 Å². The molecular weight excluding hydrogens is 481 g/mol. The highest BCUT2D eigenvalue weighted by atomic mass is 79.9. The summed E-state index contributed by atoms with van der Waals surface area (Å²) in [6.07, 6.45) is 1.16. The maximum atomic E-state index is 12.5. The first-order chi connectivity index (χ1) is 14.0. The summed E-state index contributed by atoms with van der Waals surface area (Å²) in [7, 11) is 0. The van der Waals surface area contributed by atoms with Gasteiger partial charge in [0.25, 0.3) is 5.91 Å². The minimum atomic E-state index is -0.731. The fraction of sp³-hybridized carbons (Fsp3) is 0.158. The second-order valence-corrected chi connectivity index (χ2v) is 8.08. The van der Waals surface area contributed by atoms with Gasteiger partial charge in [-0.3, -0.25) is 10.1 Å². The molecule has 1 atom stereocenters. The smallest absolute Gasteiger partial charge is 0.271 e. The van der Waals surface area contributed by atoms with E-state index < -0.39 is 6.10 Å². The first-order valence-corrected chi connectivity index (χ1v) is 10.2. The number of carbonyl (C=O) groups excluding carboxylic acids is 1. The van der Waals surface area contributed by atoms with Gasteiger partial charge in [0.2, 0.25) is 12.1 Å². The molecule has 1 amide bonds. The number of nitrogens with one attached hydrogen (secondary N) is 1. The average molecular weight is 495 g/mol. The van der Waals surface area contributed by atoms with E-state index in [2.05, 4.69) is 36.5 Å². The highest BCUT2D eigenvalue weighted by Gasteiger charge is 2.29. The summed E-state index contributed by atoms with van der Waals surface area (Å²) in [6.45, 7) is 0.440. The molecule has 1 aliphatic rings. The second-order valence-electron chi connectivity index (χ2n) is 6.35. The minimum absolute atomic E-state index is 0.189. The van der Waals surface area contributed by atoms with Crippen LogP contribution in [-0.4, -0.2) is 32.5 Å². The molecule has 1 aliphatic heterocycles. The van der Waals surface area contributed by atoms with Gasteiger partial charge in [0, 0.05) is 16.5 Å². The zero-order chi connectivity index (χ0) is 20.4. The topological polar surface area (TPSA) is 81.4 Å². The Morgan fingerprint density at radius 3 is 2.90 bits per heavy atom. The number of oxime groups is 1. The molecule has 0 saturated heterocycles. The van der Waals surface area contributed by atoms with E-state index in [0.717, 1.165) is 15.6 Å². The fourth-order valence-corrected chi connectivity index (χ4v) is 3.52. The Morgan fingerprint density at radius 2 is 2.10 bits per heavy atom. The molecule has 1 N–H and O–H groups in total. The lowest BCUT2D eigenvalue weighted by Gasteiger charge is -2.07. The van der Waals surface area contributed by atoms with Crippen molar-refractivity contribution in [3.8, 4) is 0 Å². The van der Waals surface area contributed by atoms with Crippen LogP contribution in [-0.2, 0) is 16.2 Å². The molecular formula is C19H14BrCl2N5O2. The van der Waals surface area contributed by atoms with Gasteiger partial charge in [-0.2, -0.15) is 0 Å². The highest BCUT2D eigenvalue weighted by molar-refractivity contribution is 9.10. The molecule has 29 heavy (non-hydrogen) atoms. The summed E-state index contributed by atoms with van der Waals surface area (Å²) >= 11 is 15.4. The number of hydrogen-bond donors (Lipinski definition) is 1. The van der Waals surface area contributed by atoms with Crippen LogP contribution in [0.5, 0.6) is 0 Å². The highest BCUT2D eigenvalue weighted by Crippen LogP contribution is 2.23. The standard InChI is InChI=1S/C19H14BrCl2N5O2/c20-13-3-1-2-12(7-13)16-8-17(29-26-16)18(28)24-19-23-10-27(25-19)9-11-4-5-14(21)15(22)6-11/h1-7,10,17H,8-9H2,(H,24,25,28). The number of rotatable bonds is 5. The number of benzene rings is 2. The van der Waals surface area contributed by atoms with Gasteiger partial charge in [0.05, 0.1) is 22.3 Å². The summed E-state index contributed by atoms with van der Waals surface area (Å²) in [4.78, 5) is 21.9. The molecule has 1 aromatic heterocycles. The van der Waals surface area contributed by atoms with Crippen molar-refractivity contribution in [2.24, 2.45) is 5.16 Å². The van der Waals surface area contributed by atoms with Gasteiger partial charge in [-0.15, -0.1) is 5.10 Å². The molecule has 7 nitrogen and oxygen atoms in total. The van der Waals surface area contributed by atoms with Crippen molar-refractivity contribution >= 4 is 56.7 Å². The van der Waals surface area contributed by atoms with Crippen LogP contribution in [0.3, 0.4) is 0 Å². The molecule has 0 saturated carbocycles. The number of aromatic nitrogens is 3. The van der Waals surface area contributed by atoms with Crippen LogP contribution >= 0.6 is 39.1 Å². The van der Waals surface area contributed by atoms with Crippen molar-refractivity contribution in [3.05, 3.63) is 74.4 Å². The second kappa shape index (κ2) is 8.52. The Balaban J connectivity index is 1.35. The van der Waals surface area contributed by atoms with E-state index in [4.69, 9.17) is 28.0 Å². The van der Waals surface area contributed by atoms with Gasteiger partial charge in [0.15, 0.2) is 0 Å². The zero-order valence-corrected chi connectivity index (χ0v) is 17.9. The summed E-state index contributed by atoms with van der Waals surface area (Å²) in [5, 5.41) is 11.9. The number of nitrogens with zero attached hydrogens (tertiary/aromatic N) is 4. The van der Waals surface area contributed by atoms with Gasteiger partial charge in [-0.1, -0.05) is 62.5 Å². The lowest BCUT2D eigenvalue weighted by atomic mass is 10.0. The van der Waals surface area contributed by atoms with E-state index >= 15 is 0 Å². The van der Waals surface area contributed by atoms with Crippen LogP contribution in [0.15, 0.2) is 58.4 Å². The number of anilines is 1. The monoisotopic (exact) mass is 493 g/mol. The molecule has 148 valence electrons. The van der Waals surface area contributed by atoms with Crippen LogP contribution in [0, 0.1) is 0 Å². The van der Waals surface area contributed by atoms with Gasteiger partial charge < -0.3 is 4.84 Å². The molecule has 10 heteroatoms. The normalized spacial score (nSPS) is 15.7. The molecule has 2 heterocycles. The van der Waals surface area contributed by atoms with Crippen LogP contribution in [0.2, 0.25) is 10.0 Å². The molecule has 4 rings (SSSR count). The maximum Gasteiger partial charge on any atom is 0.271 e. The molecule has 0 bridgehead atoms. The lowest BCUT2D eigenvalue weighted by molar-refractivity contribution is -0.125. The molecule has 0 spiro atoms. The SMILES string of the molecule is O=C(Nc1ncn(Cc2ccc(Cl)c(Cl)c2)n1)C1CC(c2cccc(Br)c2)=NO1. The maximum absolute atomic E-state index is 12.5. The molecule has 3 aromatic rings. The predicted octanol–water partition coefficient (Wildman–Crippen LogP) is 4.53. The van der Waals surface area contributed by atoms with E-state index in [9.17, 15) is 4.79 Å². The Bertz CT molecular complexity index is 1100. The van der Waals surface area contributed by atoms with Crippen LogP contribution < -0.4 is 5.32 Å². The molecule has 1 unspecified atom stereocenters.